The van der Waals surface area contributed by atoms with E-state index in [1.807, 2.05) is 13.8 Å². The minimum absolute atomic E-state index is 0.0270. The van der Waals surface area contributed by atoms with Gasteiger partial charge < -0.3 is 4.74 Å². The molecular formula is C17H16F3NO3. The van der Waals surface area contributed by atoms with Gasteiger partial charge in [-0.25, -0.2) is 4.90 Å². The molecule has 4 rings (SSSR count). The van der Waals surface area contributed by atoms with E-state index in [2.05, 4.69) is 0 Å². The van der Waals surface area contributed by atoms with Crippen molar-refractivity contribution >= 4 is 17.5 Å². The maximum absolute atomic E-state index is 12.9. The van der Waals surface area contributed by atoms with Crippen molar-refractivity contribution in [3.8, 4) is 0 Å². The first kappa shape index (κ1) is 15.6. The van der Waals surface area contributed by atoms with E-state index in [1.54, 1.807) is 0 Å². The van der Waals surface area contributed by atoms with Crippen LogP contribution in [0.3, 0.4) is 0 Å². The number of halogens is 3. The average Bonchev–Trinajstić information content (AvgIpc) is 3.03. The zero-order valence-electron chi connectivity index (χ0n) is 13.2. The second-order valence-electron chi connectivity index (χ2n) is 7.24. The van der Waals surface area contributed by atoms with E-state index >= 15 is 0 Å². The van der Waals surface area contributed by atoms with Crippen molar-refractivity contribution in [2.75, 3.05) is 4.90 Å². The van der Waals surface area contributed by atoms with Gasteiger partial charge in [-0.3, -0.25) is 9.59 Å². The first-order chi connectivity index (χ1) is 11.1. The van der Waals surface area contributed by atoms with Crippen LogP contribution >= 0.6 is 0 Å². The van der Waals surface area contributed by atoms with Crippen LogP contribution in [0.15, 0.2) is 24.3 Å². The first-order valence-corrected chi connectivity index (χ1v) is 7.82. The molecule has 1 aromatic rings. The van der Waals surface area contributed by atoms with Gasteiger partial charge in [0.1, 0.15) is 0 Å². The minimum atomic E-state index is -4.53. The first-order valence-electron chi connectivity index (χ1n) is 7.82. The predicted octanol–water partition coefficient (Wildman–Crippen LogP) is 3.15. The number of hydrogen-bond donors (Lipinski definition) is 0. The van der Waals surface area contributed by atoms with E-state index in [1.165, 1.54) is 12.1 Å². The summed E-state index contributed by atoms with van der Waals surface area (Å²) in [6, 6.07) is 4.34. The molecule has 3 heterocycles. The quantitative estimate of drug-likeness (QED) is 0.739. The van der Waals surface area contributed by atoms with E-state index in [-0.39, 0.29) is 5.69 Å². The molecule has 0 aliphatic carbocycles. The number of alkyl halides is 3. The zero-order valence-corrected chi connectivity index (χ0v) is 13.2. The molecule has 0 N–H and O–H groups in total. The van der Waals surface area contributed by atoms with Gasteiger partial charge >= 0.3 is 6.18 Å². The number of ether oxygens (including phenoxy) is 1. The Kier molecular flexibility index (Phi) is 2.86. The van der Waals surface area contributed by atoms with Crippen molar-refractivity contribution in [1.82, 2.24) is 0 Å². The summed E-state index contributed by atoms with van der Waals surface area (Å²) in [5.41, 5.74) is -2.35. The molecule has 0 saturated carbocycles. The molecule has 4 unspecified atom stereocenters. The van der Waals surface area contributed by atoms with Gasteiger partial charge in [0, 0.05) is 0 Å². The second-order valence-corrected chi connectivity index (χ2v) is 7.24. The third-order valence-corrected chi connectivity index (χ3v) is 5.64. The lowest BCUT2D eigenvalue weighted by Crippen LogP contribution is -2.40. The molecule has 2 bridgehead atoms. The monoisotopic (exact) mass is 339 g/mol. The van der Waals surface area contributed by atoms with Gasteiger partial charge in [-0.15, -0.1) is 0 Å². The third-order valence-electron chi connectivity index (χ3n) is 5.64. The molecule has 4 nitrogen and oxygen atoms in total. The maximum Gasteiger partial charge on any atom is 0.416 e. The van der Waals surface area contributed by atoms with Crippen molar-refractivity contribution < 1.29 is 27.5 Å². The van der Waals surface area contributed by atoms with Crippen LogP contribution in [0.1, 0.15) is 32.3 Å². The molecular weight excluding hydrogens is 323 g/mol. The van der Waals surface area contributed by atoms with Crippen LogP contribution < -0.4 is 4.90 Å². The van der Waals surface area contributed by atoms with Crippen molar-refractivity contribution in [3.63, 3.8) is 0 Å². The van der Waals surface area contributed by atoms with Crippen molar-refractivity contribution in [1.29, 1.82) is 0 Å². The summed E-state index contributed by atoms with van der Waals surface area (Å²) in [7, 11) is 0. The number of hydrogen-bond acceptors (Lipinski definition) is 3. The summed E-state index contributed by atoms with van der Waals surface area (Å²) in [5.74, 6) is -2.18. The smallest absolute Gasteiger partial charge is 0.367 e. The molecule has 3 aliphatic rings. The van der Waals surface area contributed by atoms with Gasteiger partial charge in [-0.05, 0) is 44.9 Å². The van der Waals surface area contributed by atoms with Crippen LogP contribution in [0.4, 0.5) is 18.9 Å². The maximum atomic E-state index is 12.9. The van der Waals surface area contributed by atoms with E-state index in [0.717, 1.165) is 17.0 Å². The molecule has 24 heavy (non-hydrogen) atoms. The van der Waals surface area contributed by atoms with Crippen molar-refractivity contribution in [3.05, 3.63) is 29.8 Å². The predicted molar refractivity (Wildman–Crippen MR) is 78.0 cm³/mol. The molecule has 7 heteroatoms. The van der Waals surface area contributed by atoms with Crippen molar-refractivity contribution in [2.24, 2.45) is 11.8 Å². The summed E-state index contributed by atoms with van der Waals surface area (Å²) >= 11 is 0. The lowest BCUT2D eigenvalue weighted by Gasteiger charge is -2.27. The Morgan fingerprint density at radius 2 is 1.62 bits per heavy atom. The lowest BCUT2D eigenvalue weighted by molar-refractivity contribution is -0.138. The summed E-state index contributed by atoms with van der Waals surface area (Å²) in [6.07, 6.45) is -3.20. The van der Waals surface area contributed by atoms with Gasteiger partial charge in [0.05, 0.1) is 34.3 Å². The van der Waals surface area contributed by atoms with Gasteiger partial charge in [0.15, 0.2) is 0 Å². The molecule has 3 fully saturated rings. The SMILES string of the molecule is CC12CCC(C)(O1)C1C(=O)N(c3cccc(C(F)(F)F)c3)C(=O)C12. The van der Waals surface area contributed by atoms with Crippen LogP contribution in [0.2, 0.25) is 0 Å². The van der Waals surface area contributed by atoms with Crippen molar-refractivity contribution in [2.45, 2.75) is 44.1 Å². The Hall–Kier alpha value is -1.89. The largest absolute Gasteiger partial charge is 0.416 e. The highest BCUT2D eigenvalue weighted by Crippen LogP contribution is 2.60. The van der Waals surface area contributed by atoms with E-state index in [9.17, 15) is 22.8 Å². The Balaban J connectivity index is 1.77. The lowest BCUT2D eigenvalue weighted by atomic mass is 9.69. The highest BCUT2D eigenvalue weighted by atomic mass is 19.4. The fourth-order valence-corrected chi connectivity index (χ4v) is 4.54. The standard InChI is InChI=1S/C17H16F3NO3/c1-15-6-7-16(2,24-15)12-11(15)13(22)21(14(12)23)10-5-3-4-9(8-10)17(18,19)20/h3-5,8,11-12H,6-7H2,1-2H3. The molecule has 2 amide bonds. The molecule has 0 radical (unpaired) electrons. The summed E-state index contributed by atoms with van der Waals surface area (Å²) < 4.78 is 44.8. The number of imide groups is 1. The highest BCUT2D eigenvalue weighted by Gasteiger charge is 2.72. The van der Waals surface area contributed by atoms with Gasteiger partial charge in [-0.2, -0.15) is 13.2 Å². The van der Waals surface area contributed by atoms with Crippen LogP contribution in [-0.4, -0.2) is 23.0 Å². The number of anilines is 1. The number of amides is 2. The minimum Gasteiger partial charge on any atom is -0.367 e. The number of fused-ring (bicyclic) bond motifs is 5. The van der Waals surface area contributed by atoms with E-state index in [0.29, 0.717) is 12.8 Å². The van der Waals surface area contributed by atoms with Crippen LogP contribution in [0.25, 0.3) is 0 Å². The van der Waals surface area contributed by atoms with Crippen LogP contribution in [-0.2, 0) is 20.5 Å². The summed E-state index contributed by atoms with van der Waals surface area (Å²) in [5, 5.41) is 0. The summed E-state index contributed by atoms with van der Waals surface area (Å²) in [4.78, 5) is 26.6. The molecule has 0 aromatic heterocycles. The number of nitrogens with zero attached hydrogens (tertiary/aromatic N) is 1. The molecule has 0 spiro atoms. The molecule has 3 aliphatic heterocycles. The average molecular weight is 339 g/mol. The van der Waals surface area contributed by atoms with Crippen LogP contribution in [0, 0.1) is 11.8 Å². The summed E-state index contributed by atoms with van der Waals surface area (Å²) in [6.45, 7) is 3.62. The fourth-order valence-electron chi connectivity index (χ4n) is 4.54. The van der Waals surface area contributed by atoms with Crippen LogP contribution in [0.5, 0.6) is 0 Å². The number of benzene rings is 1. The Morgan fingerprint density at radius 3 is 2.12 bits per heavy atom. The number of rotatable bonds is 1. The Bertz CT molecular complexity index is 728. The normalized spacial score (nSPS) is 38.1. The van der Waals surface area contributed by atoms with Gasteiger partial charge in [0.2, 0.25) is 11.8 Å². The molecule has 128 valence electrons. The van der Waals surface area contributed by atoms with Gasteiger partial charge in [-0.1, -0.05) is 6.07 Å². The highest BCUT2D eigenvalue weighted by molar-refractivity contribution is 6.23. The van der Waals surface area contributed by atoms with E-state index in [4.69, 9.17) is 4.74 Å². The van der Waals surface area contributed by atoms with E-state index < -0.39 is 46.6 Å². The fraction of sp³-hybridized carbons (Fsp3) is 0.529. The molecule has 1 aromatic carbocycles. The third kappa shape index (κ3) is 1.84. The number of carbonyl (C=O) groups is 2. The topological polar surface area (TPSA) is 46.6 Å². The second kappa shape index (κ2) is 4.39. The Labute approximate surface area is 136 Å². The van der Waals surface area contributed by atoms with Gasteiger partial charge in [0.25, 0.3) is 0 Å². The molecule has 4 atom stereocenters. The number of carbonyl (C=O) groups excluding carboxylic acids is 2. The zero-order chi connectivity index (χ0) is 17.5. The molecule has 3 saturated heterocycles. The Morgan fingerprint density at radius 1 is 1.08 bits per heavy atom.